The van der Waals surface area contributed by atoms with Crippen molar-refractivity contribution in [1.29, 1.82) is 0 Å². The van der Waals surface area contributed by atoms with Gasteiger partial charge in [-0.25, -0.2) is 13.1 Å². The minimum absolute atomic E-state index is 0. The van der Waals surface area contributed by atoms with Crippen LogP contribution in [0.3, 0.4) is 0 Å². The topological polar surface area (TPSA) is 111 Å². The van der Waals surface area contributed by atoms with Gasteiger partial charge in [0.05, 0.1) is 10.3 Å². The minimum Gasteiger partial charge on any atom is -0.381 e. The van der Waals surface area contributed by atoms with Crippen molar-refractivity contribution in [1.82, 2.24) is 4.72 Å². The van der Waals surface area contributed by atoms with Crippen LogP contribution in [0.25, 0.3) is 0 Å². The zero-order chi connectivity index (χ0) is 17.8. The molecule has 0 saturated carbocycles. The average molecular weight is 392 g/mol. The second kappa shape index (κ2) is 8.95. The van der Waals surface area contributed by atoms with Crippen LogP contribution in [0.1, 0.15) is 26.7 Å². The van der Waals surface area contributed by atoms with Crippen LogP contribution in [-0.4, -0.2) is 40.1 Å². The molecule has 0 radical (unpaired) electrons. The molecule has 1 saturated heterocycles. The Hall–Kier alpha value is -1.19. The molecule has 0 aromatic heterocycles. The second-order valence-electron chi connectivity index (χ2n) is 6.35. The van der Waals surface area contributed by atoms with Crippen LogP contribution in [0.4, 0.5) is 5.69 Å². The largest absolute Gasteiger partial charge is 0.381 e. The summed E-state index contributed by atoms with van der Waals surface area (Å²) in [6.45, 7) is 4.80. The maximum Gasteiger partial charge on any atom is 0.240 e. The summed E-state index contributed by atoms with van der Waals surface area (Å²) >= 11 is 0. The summed E-state index contributed by atoms with van der Waals surface area (Å²) in [7, 11) is -3.54. The first kappa shape index (κ1) is 21.9. The fourth-order valence-electron chi connectivity index (χ4n) is 2.65. The van der Waals surface area contributed by atoms with Crippen molar-refractivity contribution in [2.45, 2.75) is 37.6 Å². The number of anilines is 1. The fraction of sp³-hybridized carbons (Fsp3) is 0.562. The highest BCUT2D eigenvalue weighted by Gasteiger charge is 2.38. The molecular formula is C16H26ClN3O4S. The lowest BCUT2D eigenvalue weighted by molar-refractivity contribution is -0.130. The standard InChI is InChI=1S/C16H25N3O4S.ClH/c1-12(2)19-24(21,22)14-5-3-13(4-6-14)18-15(20)16(11-17)7-9-23-10-8-16;/h3-6,12,19H,7-11,17H2,1-2H3,(H,18,20);1H. The van der Waals surface area contributed by atoms with Gasteiger partial charge in [-0.1, -0.05) is 0 Å². The molecule has 7 nitrogen and oxygen atoms in total. The van der Waals surface area contributed by atoms with Crippen LogP contribution < -0.4 is 15.8 Å². The molecule has 142 valence electrons. The SMILES string of the molecule is CC(C)NS(=O)(=O)c1ccc(NC(=O)C2(CN)CCOCC2)cc1.Cl. The van der Waals surface area contributed by atoms with Crippen molar-refractivity contribution >= 4 is 34.0 Å². The lowest BCUT2D eigenvalue weighted by atomic mass is 9.79. The number of carbonyl (C=O) groups excluding carboxylic acids is 1. The van der Waals surface area contributed by atoms with Crippen molar-refractivity contribution in [3.8, 4) is 0 Å². The number of benzene rings is 1. The molecule has 2 rings (SSSR count). The molecule has 1 aromatic carbocycles. The molecule has 1 aliphatic rings. The van der Waals surface area contributed by atoms with Crippen LogP contribution in [0, 0.1) is 5.41 Å². The Morgan fingerprint density at radius 3 is 2.28 bits per heavy atom. The maximum atomic E-state index is 12.6. The van der Waals surface area contributed by atoms with Gasteiger partial charge in [0.2, 0.25) is 15.9 Å². The van der Waals surface area contributed by atoms with Gasteiger partial charge in [0.15, 0.2) is 0 Å². The Labute approximate surface area is 155 Å². The number of nitrogens with one attached hydrogen (secondary N) is 2. The number of ether oxygens (including phenoxy) is 1. The molecule has 25 heavy (non-hydrogen) atoms. The number of hydrogen-bond donors (Lipinski definition) is 3. The van der Waals surface area contributed by atoms with Crippen LogP contribution in [0.15, 0.2) is 29.2 Å². The van der Waals surface area contributed by atoms with E-state index < -0.39 is 15.4 Å². The first-order chi connectivity index (χ1) is 11.3. The summed E-state index contributed by atoms with van der Waals surface area (Å²) in [6, 6.07) is 5.92. The van der Waals surface area contributed by atoms with E-state index in [1.807, 2.05) is 0 Å². The summed E-state index contributed by atoms with van der Waals surface area (Å²) in [4.78, 5) is 12.7. The van der Waals surface area contributed by atoms with E-state index in [4.69, 9.17) is 10.5 Å². The Bertz CT molecular complexity index is 671. The average Bonchev–Trinajstić information content (AvgIpc) is 2.54. The van der Waals surface area contributed by atoms with E-state index in [9.17, 15) is 13.2 Å². The second-order valence-corrected chi connectivity index (χ2v) is 8.07. The molecule has 0 aliphatic carbocycles. The highest BCUT2D eigenvalue weighted by molar-refractivity contribution is 7.89. The Balaban J connectivity index is 0.00000312. The van der Waals surface area contributed by atoms with Gasteiger partial charge in [-0.3, -0.25) is 4.79 Å². The van der Waals surface area contributed by atoms with Gasteiger partial charge in [0, 0.05) is 31.5 Å². The number of hydrogen-bond acceptors (Lipinski definition) is 5. The van der Waals surface area contributed by atoms with Crippen molar-refractivity contribution in [3.05, 3.63) is 24.3 Å². The number of rotatable bonds is 6. The number of amides is 1. The van der Waals surface area contributed by atoms with Crippen molar-refractivity contribution in [2.24, 2.45) is 11.1 Å². The van der Waals surface area contributed by atoms with Crippen molar-refractivity contribution in [3.63, 3.8) is 0 Å². The number of sulfonamides is 1. The van der Waals surface area contributed by atoms with Gasteiger partial charge in [0.25, 0.3) is 0 Å². The summed E-state index contributed by atoms with van der Waals surface area (Å²) in [5, 5.41) is 2.83. The van der Waals surface area contributed by atoms with Crippen molar-refractivity contribution in [2.75, 3.05) is 25.1 Å². The highest BCUT2D eigenvalue weighted by Crippen LogP contribution is 2.31. The summed E-state index contributed by atoms with van der Waals surface area (Å²) < 4.78 is 32.0. The maximum absolute atomic E-state index is 12.6. The highest BCUT2D eigenvalue weighted by atomic mass is 35.5. The molecular weight excluding hydrogens is 366 g/mol. The van der Waals surface area contributed by atoms with E-state index in [0.29, 0.717) is 31.7 Å². The fourth-order valence-corrected chi connectivity index (χ4v) is 3.90. The Morgan fingerprint density at radius 2 is 1.80 bits per heavy atom. The lowest BCUT2D eigenvalue weighted by Crippen LogP contribution is -2.46. The molecule has 9 heteroatoms. The van der Waals surface area contributed by atoms with Crippen LogP contribution in [-0.2, 0) is 19.6 Å². The number of halogens is 1. The summed E-state index contributed by atoms with van der Waals surface area (Å²) in [6.07, 6.45) is 1.17. The van der Waals surface area contributed by atoms with E-state index in [2.05, 4.69) is 10.0 Å². The summed E-state index contributed by atoms with van der Waals surface area (Å²) in [5.41, 5.74) is 5.74. The molecule has 1 heterocycles. The quantitative estimate of drug-likeness (QED) is 0.680. The van der Waals surface area contributed by atoms with Crippen molar-refractivity contribution < 1.29 is 17.9 Å². The summed E-state index contributed by atoms with van der Waals surface area (Å²) in [5.74, 6) is -0.149. The van der Waals surface area contributed by atoms with Gasteiger partial charge in [-0.2, -0.15) is 0 Å². The van der Waals surface area contributed by atoms with Gasteiger partial charge < -0.3 is 15.8 Å². The first-order valence-corrected chi connectivity index (χ1v) is 9.49. The van der Waals surface area contributed by atoms with Gasteiger partial charge >= 0.3 is 0 Å². The third-order valence-corrected chi connectivity index (χ3v) is 5.81. The van der Waals surface area contributed by atoms with Gasteiger partial charge in [-0.05, 0) is 51.0 Å². The molecule has 1 aliphatic heterocycles. The monoisotopic (exact) mass is 391 g/mol. The van der Waals surface area contributed by atoms with Crippen LogP contribution >= 0.6 is 12.4 Å². The minimum atomic E-state index is -3.54. The predicted octanol–water partition coefficient (Wildman–Crippen LogP) is 1.49. The Morgan fingerprint density at radius 1 is 1.24 bits per heavy atom. The molecule has 0 spiro atoms. The lowest BCUT2D eigenvalue weighted by Gasteiger charge is -2.34. The van der Waals surface area contributed by atoms with Crippen LogP contribution in [0.2, 0.25) is 0 Å². The Kier molecular flexibility index (Phi) is 7.83. The predicted molar refractivity (Wildman–Crippen MR) is 99.3 cm³/mol. The number of carbonyl (C=O) groups is 1. The van der Waals surface area contributed by atoms with E-state index in [-0.39, 0.29) is 35.8 Å². The van der Waals surface area contributed by atoms with Crippen LogP contribution in [0.5, 0.6) is 0 Å². The molecule has 4 N–H and O–H groups in total. The van der Waals surface area contributed by atoms with E-state index in [0.717, 1.165) is 0 Å². The molecule has 0 atom stereocenters. The molecule has 0 unspecified atom stereocenters. The van der Waals surface area contributed by atoms with E-state index >= 15 is 0 Å². The van der Waals surface area contributed by atoms with Gasteiger partial charge in [-0.15, -0.1) is 12.4 Å². The third-order valence-electron chi connectivity index (χ3n) is 4.14. The van der Waals surface area contributed by atoms with E-state index in [1.165, 1.54) is 12.1 Å². The van der Waals surface area contributed by atoms with Gasteiger partial charge in [0.1, 0.15) is 0 Å². The normalized spacial score (nSPS) is 17.0. The van der Waals surface area contributed by atoms with E-state index in [1.54, 1.807) is 26.0 Å². The number of nitrogens with two attached hydrogens (primary N) is 1. The zero-order valence-corrected chi connectivity index (χ0v) is 16.1. The molecule has 1 amide bonds. The first-order valence-electron chi connectivity index (χ1n) is 8.01. The molecule has 1 fully saturated rings. The molecule has 0 bridgehead atoms. The molecule has 1 aromatic rings. The smallest absolute Gasteiger partial charge is 0.240 e. The zero-order valence-electron chi connectivity index (χ0n) is 14.4. The third kappa shape index (κ3) is 5.39.